The van der Waals surface area contributed by atoms with E-state index in [-0.39, 0.29) is 12.6 Å². The van der Waals surface area contributed by atoms with Crippen LogP contribution in [0, 0.1) is 0 Å². The molecule has 0 fully saturated rings. The van der Waals surface area contributed by atoms with Crippen LogP contribution in [0.3, 0.4) is 0 Å². The Balaban J connectivity index is 2.52. The minimum atomic E-state index is -0.269. The Morgan fingerprint density at radius 2 is 2.54 bits per heavy atom. The van der Waals surface area contributed by atoms with Crippen molar-refractivity contribution in [3.63, 3.8) is 0 Å². The zero-order chi connectivity index (χ0) is 9.68. The van der Waals surface area contributed by atoms with Crippen LogP contribution in [0.25, 0.3) is 0 Å². The Morgan fingerprint density at radius 1 is 1.77 bits per heavy atom. The van der Waals surface area contributed by atoms with Crippen molar-refractivity contribution in [3.8, 4) is 0 Å². The second-order valence-electron chi connectivity index (χ2n) is 2.36. The minimum Gasteiger partial charge on any atom is -0.331 e. The van der Waals surface area contributed by atoms with Crippen LogP contribution in [0.4, 0.5) is 9.80 Å². The number of urea groups is 1. The van der Waals surface area contributed by atoms with Crippen molar-refractivity contribution in [2.75, 3.05) is 18.5 Å². The lowest BCUT2D eigenvalue weighted by atomic mass is 10.6. The van der Waals surface area contributed by atoms with Gasteiger partial charge in [0, 0.05) is 7.05 Å². The van der Waals surface area contributed by atoms with E-state index in [1.165, 1.54) is 16.2 Å². The normalized spacial score (nSPS) is 9.31. The fraction of sp³-hybridized carbons (Fsp3) is 0.250. The van der Waals surface area contributed by atoms with Gasteiger partial charge in [0.25, 0.3) is 0 Å². The highest BCUT2D eigenvalue weighted by atomic mass is 32.1. The molecule has 0 atom stereocenters. The van der Waals surface area contributed by atoms with Crippen molar-refractivity contribution >= 4 is 28.7 Å². The third-order valence-electron chi connectivity index (χ3n) is 1.48. The smallest absolute Gasteiger partial charge is 0.322 e. The van der Waals surface area contributed by atoms with Crippen molar-refractivity contribution in [1.29, 1.82) is 0 Å². The first-order chi connectivity index (χ1) is 6.25. The first-order valence-corrected chi connectivity index (χ1v) is 4.62. The van der Waals surface area contributed by atoms with E-state index in [0.29, 0.717) is 6.29 Å². The minimum absolute atomic E-state index is 0.0501. The number of carbonyl (C=O) groups is 2. The molecule has 0 aliphatic rings. The first-order valence-electron chi connectivity index (χ1n) is 3.74. The third-order valence-corrected chi connectivity index (χ3v) is 2.42. The van der Waals surface area contributed by atoms with Crippen molar-refractivity contribution in [2.45, 2.75) is 0 Å². The summed E-state index contributed by atoms with van der Waals surface area (Å²) < 4.78 is 0. The molecule has 0 aliphatic carbocycles. The second kappa shape index (κ2) is 4.61. The number of carbonyl (C=O) groups excluding carboxylic acids is 2. The van der Waals surface area contributed by atoms with Gasteiger partial charge in [-0.3, -0.25) is 4.90 Å². The van der Waals surface area contributed by atoms with Crippen LogP contribution in [0.5, 0.6) is 0 Å². The molecule has 0 bridgehead atoms. The third kappa shape index (κ3) is 2.55. The summed E-state index contributed by atoms with van der Waals surface area (Å²) in [5.74, 6) is 0. The number of hydrogen-bond acceptors (Lipinski definition) is 3. The Morgan fingerprint density at radius 3 is 3.08 bits per heavy atom. The zero-order valence-electron chi connectivity index (χ0n) is 7.19. The maximum absolute atomic E-state index is 11.3. The molecule has 1 N–H and O–H groups in total. The Bertz CT molecular complexity index is 284. The summed E-state index contributed by atoms with van der Waals surface area (Å²) in [6, 6.07) is 3.43. The molecule has 2 amide bonds. The quantitative estimate of drug-likeness (QED) is 0.739. The van der Waals surface area contributed by atoms with Gasteiger partial charge in [-0.05, 0) is 17.5 Å². The number of rotatable bonds is 3. The molecular weight excluding hydrogens is 188 g/mol. The molecule has 1 aromatic heterocycles. The maximum atomic E-state index is 11.3. The first kappa shape index (κ1) is 9.73. The molecule has 0 saturated heterocycles. The van der Waals surface area contributed by atoms with Gasteiger partial charge in [0.15, 0.2) is 0 Å². The molecule has 0 spiro atoms. The van der Waals surface area contributed by atoms with Crippen molar-refractivity contribution in [1.82, 2.24) is 5.32 Å². The van der Waals surface area contributed by atoms with Gasteiger partial charge in [-0.2, -0.15) is 0 Å². The summed E-state index contributed by atoms with van der Waals surface area (Å²) in [6.07, 6.45) is 0.653. The number of aldehydes is 1. The average molecular weight is 198 g/mol. The predicted octanol–water partition coefficient (Wildman–Crippen LogP) is 1.09. The van der Waals surface area contributed by atoms with Crippen LogP contribution in [0.2, 0.25) is 0 Å². The SMILES string of the molecule is CN(C(=O)NCC=O)c1cccs1. The highest BCUT2D eigenvalue weighted by Crippen LogP contribution is 2.19. The molecule has 0 radical (unpaired) electrons. The lowest BCUT2D eigenvalue weighted by molar-refractivity contribution is -0.107. The highest BCUT2D eigenvalue weighted by molar-refractivity contribution is 7.14. The monoisotopic (exact) mass is 198 g/mol. The summed E-state index contributed by atoms with van der Waals surface area (Å²) in [5, 5.41) is 5.18. The van der Waals surface area contributed by atoms with Crippen LogP contribution >= 0.6 is 11.3 Å². The highest BCUT2D eigenvalue weighted by Gasteiger charge is 2.09. The summed E-state index contributed by atoms with van der Waals surface area (Å²) in [4.78, 5) is 22.7. The van der Waals surface area contributed by atoms with Crippen LogP contribution in [-0.2, 0) is 4.79 Å². The molecular formula is C8H10N2O2S. The van der Waals surface area contributed by atoms with E-state index in [9.17, 15) is 9.59 Å². The Hall–Kier alpha value is -1.36. The standard InChI is InChI=1S/C8H10N2O2S/c1-10(7-3-2-6-13-7)8(12)9-4-5-11/h2-3,5-6H,4H2,1H3,(H,9,12). The molecule has 4 nitrogen and oxygen atoms in total. The zero-order valence-corrected chi connectivity index (χ0v) is 8.00. The van der Waals surface area contributed by atoms with E-state index in [2.05, 4.69) is 5.32 Å². The van der Waals surface area contributed by atoms with Gasteiger partial charge in [-0.1, -0.05) is 0 Å². The van der Waals surface area contributed by atoms with Gasteiger partial charge < -0.3 is 10.1 Å². The van der Waals surface area contributed by atoms with Crippen LogP contribution < -0.4 is 10.2 Å². The molecule has 1 heterocycles. The van der Waals surface area contributed by atoms with Crippen molar-refractivity contribution < 1.29 is 9.59 Å². The molecule has 1 aromatic rings. The number of nitrogens with zero attached hydrogens (tertiary/aromatic N) is 1. The predicted molar refractivity (Wildman–Crippen MR) is 52.2 cm³/mol. The lowest BCUT2D eigenvalue weighted by Gasteiger charge is -2.14. The lowest BCUT2D eigenvalue weighted by Crippen LogP contribution is -2.37. The fourth-order valence-electron chi connectivity index (χ4n) is 0.808. The van der Waals surface area contributed by atoms with Gasteiger partial charge in [-0.15, -0.1) is 11.3 Å². The topological polar surface area (TPSA) is 49.4 Å². The summed E-state index contributed by atoms with van der Waals surface area (Å²) in [7, 11) is 1.66. The number of hydrogen-bond donors (Lipinski definition) is 1. The van der Waals surface area contributed by atoms with Crippen LogP contribution in [0.15, 0.2) is 17.5 Å². The second-order valence-corrected chi connectivity index (χ2v) is 3.29. The maximum Gasteiger partial charge on any atom is 0.322 e. The van der Waals surface area contributed by atoms with Crippen LogP contribution in [-0.4, -0.2) is 25.9 Å². The number of amides is 2. The van der Waals surface area contributed by atoms with E-state index in [1.54, 1.807) is 7.05 Å². The van der Waals surface area contributed by atoms with Crippen molar-refractivity contribution in [3.05, 3.63) is 17.5 Å². The van der Waals surface area contributed by atoms with Crippen LogP contribution in [0.1, 0.15) is 0 Å². The van der Waals surface area contributed by atoms with E-state index < -0.39 is 0 Å². The fourth-order valence-corrected chi connectivity index (χ4v) is 1.50. The Labute approximate surface area is 80.2 Å². The van der Waals surface area contributed by atoms with E-state index >= 15 is 0 Å². The van der Waals surface area contributed by atoms with Gasteiger partial charge in [0.2, 0.25) is 0 Å². The van der Waals surface area contributed by atoms with Gasteiger partial charge in [-0.25, -0.2) is 4.79 Å². The molecule has 70 valence electrons. The molecule has 0 aromatic carbocycles. The van der Waals surface area contributed by atoms with E-state index in [1.807, 2.05) is 17.5 Å². The van der Waals surface area contributed by atoms with E-state index in [0.717, 1.165) is 5.00 Å². The average Bonchev–Trinajstić information content (AvgIpc) is 2.65. The molecule has 13 heavy (non-hydrogen) atoms. The number of anilines is 1. The summed E-state index contributed by atoms with van der Waals surface area (Å²) >= 11 is 1.47. The summed E-state index contributed by atoms with van der Waals surface area (Å²) in [5.41, 5.74) is 0. The molecule has 0 unspecified atom stereocenters. The Kier molecular flexibility index (Phi) is 3.45. The summed E-state index contributed by atoms with van der Waals surface area (Å²) in [6.45, 7) is 0.0501. The van der Waals surface area contributed by atoms with Gasteiger partial charge >= 0.3 is 6.03 Å². The number of nitrogens with one attached hydrogen (secondary N) is 1. The number of thiophene rings is 1. The van der Waals surface area contributed by atoms with Crippen molar-refractivity contribution in [2.24, 2.45) is 0 Å². The molecule has 0 saturated carbocycles. The molecule has 5 heteroatoms. The molecule has 0 aliphatic heterocycles. The van der Waals surface area contributed by atoms with Gasteiger partial charge in [0.1, 0.15) is 6.29 Å². The molecule has 1 rings (SSSR count). The van der Waals surface area contributed by atoms with E-state index in [4.69, 9.17) is 0 Å². The largest absolute Gasteiger partial charge is 0.331 e. The van der Waals surface area contributed by atoms with Gasteiger partial charge in [0.05, 0.1) is 11.5 Å².